The van der Waals surface area contributed by atoms with E-state index in [0.717, 1.165) is 13.8 Å². The summed E-state index contributed by atoms with van der Waals surface area (Å²) in [6.07, 6.45) is -5.70. The highest BCUT2D eigenvalue weighted by Gasteiger charge is 2.40. The molecule has 1 heterocycles. The van der Waals surface area contributed by atoms with Crippen molar-refractivity contribution in [3.05, 3.63) is 114 Å². The number of carbonyl (C=O) groups is 18. The number of phenolic OH excluding ortho intramolecular Hbond substituents is 2. The SMILES string of the molecule is CC(C)C[C@H](NC(=O)[C@H](Cc1ccc(O)cc1)NC(=O)[C@H](CCCCN)NC(=O)[C@H](CO)NC(=O)[C@H](Cc1ccc(O)cc1)NC(=O)[C@H](CC(=O)O)NC(=O)[C@H](CO)NC(=O)[C@@H](NC(=O)[C@H](Cc1ccccc1)NC(=O)[C@@H](NC(=O)CNC(=O)[C@H](CCC(N)=O)NC(=O)[C@H](CO)NC(=O)[C@@H](N)Cc1c[nH]cn1)[C@@H](C)O)[C@@H](C)O)C(=O)N[C@@H](CC(=O)O)C(=O)O. The molecule has 31 N–H and O–H groups in total. The molecule has 4 aromatic rings. The van der Waals surface area contributed by atoms with Gasteiger partial charge in [-0.15, -0.1) is 0 Å². The number of aromatic amines is 1. The zero-order valence-corrected chi connectivity index (χ0v) is 68.0. The minimum Gasteiger partial charge on any atom is -0.508 e. The lowest BCUT2D eigenvalue weighted by atomic mass is 10.00. The molecule has 0 saturated heterocycles. The third-order valence-electron chi connectivity index (χ3n) is 18.5. The van der Waals surface area contributed by atoms with E-state index < -0.39 is 268 Å². The molecule has 0 unspecified atom stereocenters. The van der Waals surface area contributed by atoms with Crippen molar-refractivity contribution in [3.8, 4) is 11.5 Å². The van der Waals surface area contributed by atoms with Crippen molar-refractivity contribution < 1.29 is 137 Å². The van der Waals surface area contributed by atoms with Crippen LogP contribution >= 0.6 is 0 Å². The second-order valence-corrected chi connectivity index (χ2v) is 29.2. The van der Waals surface area contributed by atoms with E-state index in [4.69, 9.17) is 17.2 Å². The fraction of sp³-hybridized carbons (Fsp3) is 0.494. The number of aromatic hydroxyl groups is 2. The Hall–Kier alpha value is -13.3. The van der Waals surface area contributed by atoms with E-state index in [-0.39, 0.29) is 68.1 Å². The van der Waals surface area contributed by atoms with Crippen molar-refractivity contribution in [1.82, 2.24) is 84.4 Å². The first-order valence-electron chi connectivity index (χ1n) is 38.9. The van der Waals surface area contributed by atoms with Gasteiger partial charge < -0.3 is 148 Å². The van der Waals surface area contributed by atoms with Gasteiger partial charge in [0.25, 0.3) is 0 Å². The Morgan fingerprint density at radius 2 is 0.782 bits per heavy atom. The molecule has 15 amide bonds. The van der Waals surface area contributed by atoms with E-state index in [1.165, 1.54) is 85.3 Å². The molecule has 1 aromatic heterocycles. The largest absolute Gasteiger partial charge is 0.508 e. The zero-order valence-electron chi connectivity index (χ0n) is 68.0. The van der Waals surface area contributed by atoms with E-state index in [0.29, 0.717) is 16.8 Å². The highest BCUT2D eigenvalue weighted by Crippen LogP contribution is 2.17. The number of unbranched alkanes of at least 4 members (excludes halogenated alkanes) is 1. The van der Waals surface area contributed by atoms with Gasteiger partial charge in [-0.3, -0.25) is 81.5 Å². The molecule has 3 aromatic carbocycles. The molecule has 0 bridgehead atoms. The zero-order chi connectivity index (χ0) is 92.6. The number of carbonyl (C=O) groups excluding carboxylic acids is 15. The van der Waals surface area contributed by atoms with Crippen LogP contribution in [0.5, 0.6) is 11.5 Å². The molecular weight excluding hydrogens is 1640 g/mol. The van der Waals surface area contributed by atoms with Gasteiger partial charge in [0, 0.05) is 38.3 Å². The normalized spacial score (nSPS) is 15.0. The second kappa shape index (κ2) is 52.1. The Labute approximate surface area is 708 Å². The maximum absolute atomic E-state index is 14.5. The lowest BCUT2D eigenvalue weighted by molar-refractivity contribution is -0.147. The number of phenols is 2. The summed E-state index contributed by atoms with van der Waals surface area (Å²) in [5, 5.41) is 134. The summed E-state index contributed by atoms with van der Waals surface area (Å²) in [7, 11) is 0. The fourth-order valence-corrected chi connectivity index (χ4v) is 11.9. The first kappa shape index (κ1) is 103. The summed E-state index contributed by atoms with van der Waals surface area (Å²) >= 11 is 0. The molecule has 0 radical (unpaired) electrons. The quantitative estimate of drug-likeness (QED) is 0.0183. The molecule has 0 aliphatic rings. The molecule has 0 fully saturated rings. The van der Waals surface area contributed by atoms with Crippen LogP contribution in [0.25, 0.3) is 0 Å². The second-order valence-electron chi connectivity index (χ2n) is 29.2. The number of H-pyrrole nitrogens is 1. The number of aliphatic carboxylic acids is 3. The lowest BCUT2D eigenvalue weighted by Crippen LogP contribution is -2.63. The van der Waals surface area contributed by atoms with Gasteiger partial charge in [0.2, 0.25) is 88.6 Å². The molecule has 4 rings (SSSR count). The average molecular weight is 1750 g/mol. The summed E-state index contributed by atoms with van der Waals surface area (Å²) in [5.74, 6) is -23.9. The molecule has 124 heavy (non-hydrogen) atoms. The lowest BCUT2D eigenvalue weighted by Gasteiger charge is -2.28. The Kier molecular flexibility index (Phi) is 43.3. The number of primary amides is 1. The standard InChI is InChI=1S/C77H109N19O28/c1-37(2)24-49(67(113)91-54(77(123)124)30-61(108)109)86-68(114)50(26-41-13-17-44(102)18-14-41)87-66(112)47(12-8-9-23-78)84-73(119)56(34-98)93-69(115)51(27-42-15-19-45(103)20-16-42)88-70(116)53(29-60(106)107)89-74(120)57(35-99)94-76(122)63(39(4)101)96-71(117)52(25-40-10-6-5-7-11-40)90-75(121)62(38(3)100)95-59(105)32-82-65(111)48(21-22-58(80)104)85-72(118)55(33-97)92-64(110)46(79)28-43-31-81-36-83-43/h5-7,10-11,13-20,31,36-39,46-57,62-63,97-103H,8-9,12,21-30,32-35,78-79H2,1-4H3,(H2,80,104)(H,81,83)(H,82,111)(H,84,119)(H,85,118)(H,86,114)(H,87,112)(H,88,116)(H,89,120)(H,90,121)(H,91,113)(H,92,110)(H,93,115)(H,94,122)(H,95,105)(H,96,117)(H,106,107)(H,108,109)(H,123,124)/t38-,39-,46+,47+,48+,49+,50+,51+,52+,53+,54+,55+,56+,57+,62+,63+/m1/s1. The van der Waals surface area contributed by atoms with Gasteiger partial charge >= 0.3 is 17.9 Å². The maximum Gasteiger partial charge on any atom is 0.326 e. The molecule has 680 valence electrons. The van der Waals surface area contributed by atoms with Crippen molar-refractivity contribution in [2.24, 2.45) is 23.1 Å². The number of nitrogens with one attached hydrogen (secondary N) is 15. The molecule has 0 aliphatic heterocycles. The van der Waals surface area contributed by atoms with Crippen LogP contribution in [0.4, 0.5) is 0 Å². The van der Waals surface area contributed by atoms with Crippen LogP contribution in [-0.4, -0.2) is 297 Å². The summed E-state index contributed by atoms with van der Waals surface area (Å²) in [6.45, 7) is 0.800. The number of nitrogens with two attached hydrogens (primary N) is 3. The topological polar surface area (TPSA) is 785 Å². The van der Waals surface area contributed by atoms with Crippen LogP contribution < -0.4 is 91.6 Å². The minimum atomic E-state index is -2.24. The monoisotopic (exact) mass is 1750 g/mol. The fourth-order valence-electron chi connectivity index (χ4n) is 11.9. The van der Waals surface area contributed by atoms with Gasteiger partial charge in [0.1, 0.15) is 90.0 Å². The van der Waals surface area contributed by atoms with Gasteiger partial charge in [0.05, 0.1) is 69.5 Å². The van der Waals surface area contributed by atoms with Crippen LogP contribution in [0.3, 0.4) is 0 Å². The highest BCUT2D eigenvalue weighted by molar-refractivity contribution is 6.01. The minimum absolute atomic E-state index is 0.0745. The Morgan fingerprint density at radius 1 is 0.411 bits per heavy atom. The van der Waals surface area contributed by atoms with Gasteiger partial charge in [-0.2, -0.15) is 0 Å². The summed E-state index contributed by atoms with van der Waals surface area (Å²) in [5.41, 5.74) is 18.2. The predicted molar refractivity (Wildman–Crippen MR) is 430 cm³/mol. The van der Waals surface area contributed by atoms with Crippen LogP contribution in [0.1, 0.15) is 101 Å². The van der Waals surface area contributed by atoms with Crippen LogP contribution in [0, 0.1) is 5.92 Å². The first-order chi connectivity index (χ1) is 58.6. The third kappa shape index (κ3) is 36.1. The van der Waals surface area contributed by atoms with Crippen molar-refractivity contribution in [2.45, 2.75) is 202 Å². The molecule has 16 atom stereocenters. The number of carboxylic acid groups (broad SMARTS) is 3. The predicted octanol–water partition coefficient (Wildman–Crippen LogP) is -9.95. The number of carboxylic acids is 3. The summed E-state index contributed by atoms with van der Waals surface area (Å²) in [6, 6.07) is -7.72. The van der Waals surface area contributed by atoms with Crippen molar-refractivity contribution >= 4 is 107 Å². The van der Waals surface area contributed by atoms with Gasteiger partial charge in [-0.25, -0.2) is 9.78 Å². The molecule has 0 aliphatic carbocycles. The van der Waals surface area contributed by atoms with E-state index >= 15 is 0 Å². The Morgan fingerprint density at radius 3 is 1.22 bits per heavy atom. The number of rotatable bonds is 55. The third-order valence-corrected chi connectivity index (χ3v) is 18.5. The van der Waals surface area contributed by atoms with E-state index in [9.17, 15) is 137 Å². The Bertz CT molecular complexity index is 4300. The number of hydrogen-bond acceptors (Lipinski definition) is 28. The van der Waals surface area contributed by atoms with Crippen molar-refractivity contribution in [3.63, 3.8) is 0 Å². The van der Waals surface area contributed by atoms with Crippen molar-refractivity contribution in [2.75, 3.05) is 32.9 Å². The van der Waals surface area contributed by atoms with Gasteiger partial charge in [0.15, 0.2) is 0 Å². The number of aromatic nitrogens is 2. The number of aliphatic hydroxyl groups excluding tert-OH is 5. The molecule has 0 spiro atoms. The van der Waals surface area contributed by atoms with Crippen LogP contribution in [-0.2, 0) is 112 Å². The number of nitrogens with zero attached hydrogens (tertiary/aromatic N) is 1. The summed E-state index contributed by atoms with van der Waals surface area (Å²) in [4.78, 5) is 249. The first-order valence-corrected chi connectivity index (χ1v) is 38.9. The van der Waals surface area contributed by atoms with E-state index in [2.05, 4.69) is 79.1 Å². The number of amides is 15. The molecule has 0 saturated carbocycles. The number of benzene rings is 3. The average Bonchev–Trinajstić information content (AvgIpc) is 0.953. The van der Waals surface area contributed by atoms with Crippen LogP contribution in [0.2, 0.25) is 0 Å². The Balaban J connectivity index is 1.55. The number of hydrogen-bond donors (Lipinski definition) is 28. The van der Waals surface area contributed by atoms with Crippen molar-refractivity contribution in [1.29, 1.82) is 0 Å². The highest BCUT2D eigenvalue weighted by atomic mass is 16.4. The smallest absolute Gasteiger partial charge is 0.326 e. The number of aliphatic hydroxyl groups is 5. The molecule has 47 heteroatoms. The van der Waals surface area contributed by atoms with Gasteiger partial charge in [-0.05, 0) is 99.4 Å². The number of imidazole rings is 1. The van der Waals surface area contributed by atoms with Crippen LogP contribution in [0.15, 0.2) is 91.4 Å². The molecule has 47 nitrogen and oxygen atoms in total. The molecular formula is C77H109N19O28. The van der Waals surface area contributed by atoms with Gasteiger partial charge in [-0.1, -0.05) is 68.4 Å². The maximum atomic E-state index is 14.5. The van der Waals surface area contributed by atoms with E-state index in [1.54, 1.807) is 19.9 Å². The van der Waals surface area contributed by atoms with E-state index in [1.807, 2.05) is 5.32 Å². The summed E-state index contributed by atoms with van der Waals surface area (Å²) < 4.78 is 0.